The Morgan fingerprint density at radius 2 is 2.14 bits per heavy atom. The van der Waals surface area contributed by atoms with Gasteiger partial charge in [-0.25, -0.2) is 4.79 Å². The van der Waals surface area contributed by atoms with E-state index in [9.17, 15) is 9.90 Å². The van der Waals surface area contributed by atoms with Gasteiger partial charge < -0.3 is 10.4 Å². The fourth-order valence-corrected chi connectivity index (χ4v) is 3.52. The van der Waals surface area contributed by atoms with Crippen molar-refractivity contribution in [1.29, 1.82) is 0 Å². The second-order valence-corrected chi connectivity index (χ2v) is 6.53. The summed E-state index contributed by atoms with van der Waals surface area (Å²) in [6.07, 6.45) is 7.38. The third kappa shape index (κ3) is 4.93. The van der Waals surface area contributed by atoms with Crippen molar-refractivity contribution < 1.29 is 9.90 Å². The van der Waals surface area contributed by atoms with Gasteiger partial charge in [0.1, 0.15) is 5.01 Å². The van der Waals surface area contributed by atoms with Gasteiger partial charge in [0.25, 0.3) is 0 Å². The van der Waals surface area contributed by atoms with E-state index in [1.165, 1.54) is 30.6 Å². The average Bonchev–Trinajstić information content (AvgIpc) is 2.95. The molecule has 0 aliphatic heterocycles. The lowest BCUT2D eigenvalue weighted by atomic mass is 9.83. The summed E-state index contributed by atoms with van der Waals surface area (Å²) in [4.78, 5) is 12.1. The molecule has 21 heavy (non-hydrogen) atoms. The maximum Gasteiger partial charge on any atom is 0.321 e. The summed E-state index contributed by atoms with van der Waals surface area (Å²) < 4.78 is 0. The van der Waals surface area contributed by atoms with Gasteiger partial charge in [-0.15, -0.1) is 10.2 Å². The largest absolute Gasteiger partial charge is 0.396 e. The van der Waals surface area contributed by atoms with E-state index in [0.717, 1.165) is 24.3 Å². The molecule has 1 atom stereocenters. The highest BCUT2D eigenvalue weighted by Gasteiger charge is 2.25. The van der Waals surface area contributed by atoms with Crippen molar-refractivity contribution in [3.05, 3.63) is 5.01 Å². The number of aromatic nitrogens is 2. The van der Waals surface area contributed by atoms with Crippen LogP contribution in [0, 0.1) is 5.92 Å². The Hall–Kier alpha value is -1.21. The fourth-order valence-electron chi connectivity index (χ4n) is 2.85. The first-order valence-corrected chi connectivity index (χ1v) is 8.55. The predicted molar refractivity (Wildman–Crippen MR) is 83.5 cm³/mol. The number of aliphatic hydroxyl groups is 1. The van der Waals surface area contributed by atoms with Crippen molar-refractivity contribution in [2.24, 2.45) is 5.92 Å². The smallest absolute Gasteiger partial charge is 0.321 e. The summed E-state index contributed by atoms with van der Waals surface area (Å²) in [5.41, 5.74) is 0. The number of carbonyl (C=O) groups is 1. The molecule has 3 N–H and O–H groups in total. The summed E-state index contributed by atoms with van der Waals surface area (Å²) in [6, 6.07) is -0.216. The van der Waals surface area contributed by atoms with Crippen LogP contribution in [0.25, 0.3) is 0 Å². The number of nitrogens with zero attached hydrogens (tertiary/aromatic N) is 2. The third-order valence-corrected chi connectivity index (χ3v) is 4.95. The molecule has 1 aliphatic rings. The van der Waals surface area contributed by atoms with Gasteiger partial charge in [-0.1, -0.05) is 37.5 Å². The zero-order chi connectivity index (χ0) is 15.1. The summed E-state index contributed by atoms with van der Waals surface area (Å²) in [5, 5.41) is 24.3. The van der Waals surface area contributed by atoms with Gasteiger partial charge in [0, 0.05) is 12.6 Å². The minimum absolute atomic E-state index is 0.0360. The quantitative estimate of drug-likeness (QED) is 0.753. The first kappa shape index (κ1) is 16.2. The van der Waals surface area contributed by atoms with Crippen LogP contribution in [0.1, 0.15) is 50.5 Å². The molecule has 1 aromatic heterocycles. The Morgan fingerprint density at radius 3 is 2.76 bits per heavy atom. The zero-order valence-electron chi connectivity index (χ0n) is 12.5. The molecular weight excluding hydrogens is 288 g/mol. The van der Waals surface area contributed by atoms with Gasteiger partial charge in [0.15, 0.2) is 0 Å². The van der Waals surface area contributed by atoms with Crippen LogP contribution in [-0.4, -0.2) is 34.0 Å². The van der Waals surface area contributed by atoms with Gasteiger partial charge in [0.2, 0.25) is 5.13 Å². The van der Waals surface area contributed by atoms with Crippen LogP contribution < -0.4 is 10.6 Å². The minimum atomic E-state index is -0.252. The highest BCUT2D eigenvalue weighted by atomic mass is 32.1. The Bertz CT molecular complexity index is 446. The number of urea groups is 1. The zero-order valence-corrected chi connectivity index (χ0v) is 13.3. The van der Waals surface area contributed by atoms with E-state index < -0.39 is 0 Å². The van der Waals surface area contributed by atoms with Crippen LogP contribution in [0.15, 0.2) is 0 Å². The second-order valence-electron chi connectivity index (χ2n) is 5.47. The Morgan fingerprint density at radius 1 is 1.38 bits per heavy atom. The van der Waals surface area contributed by atoms with Gasteiger partial charge >= 0.3 is 6.03 Å². The molecule has 0 bridgehead atoms. The summed E-state index contributed by atoms with van der Waals surface area (Å²) in [5.74, 6) is 0.470. The van der Waals surface area contributed by atoms with Crippen LogP contribution in [0.5, 0.6) is 0 Å². The van der Waals surface area contributed by atoms with Gasteiger partial charge in [-0.05, 0) is 31.6 Å². The number of hydrogen-bond donors (Lipinski definition) is 3. The van der Waals surface area contributed by atoms with Crippen molar-refractivity contribution in [3.8, 4) is 0 Å². The Kier molecular flexibility index (Phi) is 6.38. The van der Waals surface area contributed by atoms with Crippen molar-refractivity contribution in [2.45, 2.75) is 57.9 Å². The number of aryl methyl sites for hydroxylation is 1. The molecule has 2 rings (SSSR count). The molecule has 1 aliphatic carbocycles. The predicted octanol–water partition coefficient (Wildman–Crippen LogP) is 2.55. The number of aliphatic hydroxyl groups excluding tert-OH is 1. The van der Waals surface area contributed by atoms with E-state index in [-0.39, 0.29) is 18.7 Å². The number of carbonyl (C=O) groups excluding carboxylic acids is 1. The van der Waals surface area contributed by atoms with Crippen LogP contribution >= 0.6 is 11.3 Å². The number of rotatable bonds is 6. The van der Waals surface area contributed by atoms with Crippen LogP contribution in [0.2, 0.25) is 0 Å². The van der Waals surface area contributed by atoms with E-state index in [0.29, 0.717) is 17.5 Å². The first-order chi connectivity index (χ1) is 10.2. The Balaban J connectivity index is 1.87. The average molecular weight is 312 g/mol. The number of amides is 2. The van der Waals surface area contributed by atoms with Crippen molar-refractivity contribution in [1.82, 2.24) is 15.5 Å². The number of hydrogen-bond acceptors (Lipinski definition) is 5. The van der Waals surface area contributed by atoms with Crippen molar-refractivity contribution in [2.75, 3.05) is 11.9 Å². The first-order valence-electron chi connectivity index (χ1n) is 7.73. The lowest BCUT2D eigenvalue weighted by Crippen LogP contribution is -2.43. The lowest BCUT2D eigenvalue weighted by Gasteiger charge is -2.30. The molecule has 7 heteroatoms. The summed E-state index contributed by atoms with van der Waals surface area (Å²) in [6.45, 7) is 2.10. The number of nitrogens with one attached hydrogen (secondary N) is 2. The highest BCUT2D eigenvalue weighted by molar-refractivity contribution is 7.15. The van der Waals surface area contributed by atoms with E-state index in [4.69, 9.17) is 0 Å². The molecule has 2 amide bonds. The van der Waals surface area contributed by atoms with Crippen LogP contribution in [0.3, 0.4) is 0 Å². The van der Waals surface area contributed by atoms with E-state index in [1.807, 2.05) is 6.92 Å². The number of anilines is 1. The maximum atomic E-state index is 12.1. The summed E-state index contributed by atoms with van der Waals surface area (Å²) >= 11 is 1.39. The summed E-state index contributed by atoms with van der Waals surface area (Å²) in [7, 11) is 0. The van der Waals surface area contributed by atoms with E-state index >= 15 is 0 Å². The highest BCUT2D eigenvalue weighted by Crippen LogP contribution is 2.27. The monoisotopic (exact) mass is 312 g/mol. The minimum Gasteiger partial charge on any atom is -0.396 e. The van der Waals surface area contributed by atoms with Gasteiger partial charge in [0.05, 0.1) is 0 Å². The molecule has 1 aromatic rings. The molecule has 118 valence electrons. The Labute approximate surface area is 129 Å². The van der Waals surface area contributed by atoms with Gasteiger partial charge in [-0.3, -0.25) is 5.32 Å². The fraction of sp³-hybridized carbons (Fsp3) is 0.786. The SMILES string of the molecule is CCc1nnc(NC(=O)NC(CCO)C2CCCCC2)s1. The van der Waals surface area contributed by atoms with Crippen molar-refractivity contribution in [3.63, 3.8) is 0 Å². The normalized spacial score (nSPS) is 17.4. The molecule has 1 fully saturated rings. The second kappa shape index (κ2) is 8.29. The molecule has 0 spiro atoms. The molecule has 1 saturated carbocycles. The third-order valence-electron chi connectivity index (χ3n) is 3.97. The molecular formula is C14H24N4O2S. The molecule has 6 nitrogen and oxygen atoms in total. The molecule has 0 aromatic carbocycles. The van der Waals surface area contributed by atoms with Crippen LogP contribution in [0.4, 0.5) is 9.93 Å². The van der Waals surface area contributed by atoms with Gasteiger partial charge in [-0.2, -0.15) is 0 Å². The van der Waals surface area contributed by atoms with Crippen LogP contribution in [-0.2, 0) is 6.42 Å². The molecule has 1 heterocycles. The van der Waals surface area contributed by atoms with E-state index in [1.54, 1.807) is 0 Å². The maximum absolute atomic E-state index is 12.1. The van der Waals surface area contributed by atoms with E-state index in [2.05, 4.69) is 20.8 Å². The topological polar surface area (TPSA) is 87.1 Å². The molecule has 1 unspecified atom stereocenters. The standard InChI is InChI=1S/C14H24N4O2S/c1-2-12-17-18-14(21-12)16-13(20)15-11(8-9-19)10-6-4-3-5-7-10/h10-11,19H,2-9H2,1H3,(H2,15,16,18,20). The molecule has 0 saturated heterocycles. The molecule has 0 radical (unpaired) electrons. The van der Waals surface area contributed by atoms with Crippen molar-refractivity contribution >= 4 is 22.5 Å². The lowest BCUT2D eigenvalue weighted by molar-refractivity contribution is 0.202.